The number of hydroxylamine groups is 1. The number of piperidine rings is 1. The largest absolute Gasteiger partial charge is 0.384 e. The summed E-state index contributed by atoms with van der Waals surface area (Å²) in [6, 6.07) is 17.0. The van der Waals surface area contributed by atoms with Gasteiger partial charge < -0.3 is 5.32 Å². The second-order valence-electron chi connectivity index (χ2n) is 7.74. The topological polar surface area (TPSA) is 64.6 Å². The van der Waals surface area contributed by atoms with Crippen LogP contribution in [0.5, 0.6) is 0 Å². The highest BCUT2D eigenvalue weighted by Crippen LogP contribution is 2.40. The van der Waals surface area contributed by atoms with Gasteiger partial charge in [0.25, 0.3) is 5.91 Å². The summed E-state index contributed by atoms with van der Waals surface area (Å²) in [6.45, 7) is 4.32. The number of para-hydroxylation sites is 1. The van der Waals surface area contributed by atoms with E-state index in [4.69, 9.17) is 5.21 Å². The molecule has 1 unspecified atom stereocenters. The summed E-state index contributed by atoms with van der Waals surface area (Å²) in [5.74, 6) is 0.894. The summed E-state index contributed by atoms with van der Waals surface area (Å²) in [4.78, 5) is 13.6. The van der Waals surface area contributed by atoms with Gasteiger partial charge in [0.2, 0.25) is 0 Å². The van der Waals surface area contributed by atoms with E-state index >= 15 is 0 Å². The van der Waals surface area contributed by atoms with Crippen molar-refractivity contribution >= 4 is 17.7 Å². The zero-order valence-electron chi connectivity index (χ0n) is 16.0. The van der Waals surface area contributed by atoms with Crippen LogP contribution in [0.3, 0.4) is 0 Å². The predicted octanol–water partition coefficient (Wildman–Crippen LogP) is 3.63. The fourth-order valence-corrected chi connectivity index (χ4v) is 4.45. The molecule has 0 spiro atoms. The number of likely N-dealkylation sites (tertiary alicyclic amines) is 1. The number of amides is 1. The lowest BCUT2D eigenvalue weighted by Gasteiger charge is -2.35. The molecule has 0 bridgehead atoms. The van der Waals surface area contributed by atoms with Gasteiger partial charge in [-0.3, -0.25) is 14.9 Å². The lowest BCUT2D eigenvalue weighted by molar-refractivity contribution is -0.124. The Bertz CT molecular complexity index is 839. The zero-order chi connectivity index (χ0) is 19.3. The summed E-state index contributed by atoms with van der Waals surface area (Å²) in [5.41, 5.74) is 6.64. The van der Waals surface area contributed by atoms with Gasteiger partial charge in [-0.25, -0.2) is 5.48 Å². The van der Waals surface area contributed by atoms with Gasteiger partial charge in [0, 0.05) is 30.8 Å². The average molecular weight is 377 g/mol. The molecule has 5 nitrogen and oxygen atoms in total. The van der Waals surface area contributed by atoms with E-state index < -0.39 is 5.91 Å². The van der Waals surface area contributed by atoms with E-state index in [-0.39, 0.29) is 0 Å². The van der Waals surface area contributed by atoms with E-state index in [1.165, 1.54) is 35.7 Å². The highest BCUT2D eigenvalue weighted by Gasteiger charge is 2.31. The molecule has 2 heterocycles. The molecule has 0 aromatic heterocycles. The third kappa shape index (κ3) is 4.26. The molecule has 28 heavy (non-hydrogen) atoms. The molecule has 2 aromatic carbocycles. The van der Waals surface area contributed by atoms with Crippen LogP contribution in [0.4, 0.5) is 5.69 Å². The predicted molar refractivity (Wildman–Crippen MR) is 111 cm³/mol. The Kier molecular flexibility index (Phi) is 5.74. The van der Waals surface area contributed by atoms with Crippen molar-refractivity contribution in [3.63, 3.8) is 0 Å². The third-order valence-electron chi connectivity index (χ3n) is 6.00. The van der Waals surface area contributed by atoms with Gasteiger partial charge in [-0.1, -0.05) is 42.5 Å². The van der Waals surface area contributed by atoms with E-state index in [1.807, 2.05) is 12.1 Å². The van der Waals surface area contributed by atoms with Gasteiger partial charge in [0.15, 0.2) is 0 Å². The molecule has 2 aliphatic rings. The number of hydrogen-bond acceptors (Lipinski definition) is 4. The molecular weight excluding hydrogens is 350 g/mol. The lowest BCUT2D eigenvalue weighted by Crippen LogP contribution is -2.35. The molecule has 2 aromatic rings. The zero-order valence-corrected chi connectivity index (χ0v) is 16.0. The second-order valence-corrected chi connectivity index (χ2v) is 7.74. The van der Waals surface area contributed by atoms with Crippen LogP contribution < -0.4 is 10.8 Å². The Morgan fingerprint density at radius 1 is 1.14 bits per heavy atom. The van der Waals surface area contributed by atoms with Crippen LogP contribution in [0.2, 0.25) is 0 Å². The molecule has 3 N–H and O–H groups in total. The van der Waals surface area contributed by atoms with Crippen LogP contribution in [0.15, 0.2) is 54.6 Å². The van der Waals surface area contributed by atoms with E-state index in [0.29, 0.717) is 5.92 Å². The fraction of sp³-hybridized carbons (Fsp3) is 0.348. The SMILES string of the molecule is O=C(C=Cc1ccc(CN2CCC(C3CNc4ccccc43)CC2)cc1)NO. The fourth-order valence-electron chi connectivity index (χ4n) is 4.45. The van der Waals surface area contributed by atoms with Crippen molar-refractivity contribution in [1.29, 1.82) is 0 Å². The van der Waals surface area contributed by atoms with Crippen molar-refractivity contribution in [2.75, 3.05) is 25.0 Å². The van der Waals surface area contributed by atoms with Crippen molar-refractivity contribution in [3.8, 4) is 0 Å². The number of carbonyl (C=O) groups is 1. The van der Waals surface area contributed by atoms with Crippen LogP contribution in [0, 0.1) is 5.92 Å². The monoisotopic (exact) mass is 377 g/mol. The number of benzene rings is 2. The molecule has 0 saturated carbocycles. The summed E-state index contributed by atoms with van der Waals surface area (Å²) < 4.78 is 0. The average Bonchev–Trinajstić information content (AvgIpc) is 3.18. The Labute approximate surface area is 166 Å². The number of nitrogens with zero attached hydrogens (tertiary/aromatic N) is 1. The summed E-state index contributed by atoms with van der Waals surface area (Å²) in [5, 5.41) is 12.1. The molecule has 4 rings (SSSR count). The maximum atomic E-state index is 11.0. The third-order valence-corrected chi connectivity index (χ3v) is 6.00. The Morgan fingerprint density at radius 3 is 2.64 bits per heavy atom. The molecule has 0 aliphatic carbocycles. The summed E-state index contributed by atoms with van der Waals surface area (Å²) in [7, 11) is 0. The van der Waals surface area contributed by atoms with Crippen molar-refractivity contribution in [2.24, 2.45) is 5.92 Å². The smallest absolute Gasteiger partial charge is 0.267 e. The van der Waals surface area contributed by atoms with Crippen LogP contribution in [0.25, 0.3) is 6.08 Å². The van der Waals surface area contributed by atoms with Crippen LogP contribution in [0.1, 0.15) is 35.4 Å². The first-order valence-electron chi connectivity index (χ1n) is 9.99. The first-order chi connectivity index (χ1) is 13.7. The van der Waals surface area contributed by atoms with E-state index in [9.17, 15) is 4.79 Å². The van der Waals surface area contributed by atoms with E-state index in [0.717, 1.165) is 37.7 Å². The molecule has 0 radical (unpaired) electrons. The number of carbonyl (C=O) groups excluding carboxylic acids is 1. The first kappa shape index (κ1) is 18.7. The Balaban J connectivity index is 1.29. The number of anilines is 1. The van der Waals surface area contributed by atoms with Gasteiger partial charge in [0.1, 0.15) is 0 Å². The van der Waals surface area contributed by atoms with E-state index in [1.54, 1.807) is 11.6 Å². The van der Waals surface area contributed by atoms with Crippen LogP contribution >= 0.6 is 0 Å². The Morgan fingerprint density at radius 2 is 1.89 bits per heavy atom. The van der Waals surface area contributed by atoms with Crippen molar-refractivity contribution in [1.82, 2.24) is 10.4 Å². The van der Waals surface area contributed by atoms with Crippen molar-refractivity contribution in [2.45, 2.75) is 25.3 Å². The highest BCUT2D eigenvalue weighted by molar-refractivity contribution is 5.90. The molecule has 5 heteroatoms. The molecule has 1 fully saturated rings. The Hall–Kier alpha value is -2.63. The molecule has 2 aliphatic heterocycles. The van der Waals surface area contributed by atoms with Crippen LogP contribution in [-0.2, 0) is 11.3 Å². The molecular formula is C23H27N3O2. The maximum absolute atomic E-state index is 11.0. The molecule has 1 amide bonds. The van der Waals surface area contributed by atoms with Crippen molar-refractivity contribution in [3.05, 3.63) is 71.3 Å². The number of rotatable bonds is 5. The highest BCUT2D eigenvalue weighted by atomic mass is 16.5. The summed E-state index contributed by atoms with van der Waals surface area (Å²) in [6.07, 6.45) is 5.50. The second kappa shape index (κ2) is 8.59. The minimum Gasteiger partial charge on any atom is -0.384 e. The van der Waals surface area contributed by atoms with Crippen LogP contribution in [-0.4, -0.2) is 35.6 Å². The van der Waals surface area contributed by atoms with Gasteiger partial charge >= 0.3 is 0 Å². The van der Waals surface area contributed by atoms with Gasteiger partial charge in [-0.15, -0.1) is 0 Å². The van der Waals surface area contributed by atoms with Gasteiger partial charge in [-0.2, -0.15) is 0 Å². The number of fused-ring (bicyclic) bond motifs is 1. The minimum absolute atomic E-state index is 0.521. The molecule has 146 valence electrons. The van der Waals surface area contributed by atoms with E-state index in [2.05, 4.69) is 46.6 Å². The molecule has 1 atom stereocenters. The van der Waals surface area contributed by atoms with Gasteiger partial charge in [0.05, 0.1) is 0 Å². The number of nitrogens with one attached hydrogen (secondary N) is 2. The van der Waals surface area contributed by atoms with Crippen molar-refractivity contribution < 1.29 is 10.0 Å². The van der Waals surface area contributed by atoms with Gasteiger partial charge in [-0.05, 0) is 60.7 Å². The normalized spacial score (nSPS) is 20.1. The quantitative estimate of drug-likeness (QED) is 0.423. The summed E-state index contributed by atoms with van der Waals surface area (Å²) >= 11 is 0. The number of hydrogen-bond donors (Lipinski definition) is 3. The minimum atomic E-state index is -0.521. The lowest BCUT2D eigenvalue weighted by atomic mass is 9.81. The molecule has 1 saturated heterocycles. The first-order valence-corrected chi connectivity index (χ1v) is 9.99. The maximum Gasteiger partial charge on any atom is 0.267 e. The standard InChI is InChI=1S/C23H27N3O2/c27-23(25-28)10-9-17-5-7-18(8-6-17)16-26-13-11-19(12-14-26)21-15-24-22-4-2-1-3-20(21)22/h1-10,19,21,24,28H,11-16H2,(H,25,27).